The van der Waals surface area contributed by atoms with Crippen molar-refractivity contribution in [2.24, 2.45) is 0 Å². The number of hydrogen-bond donors (Lipinski definition) is 1. The van der Waals surface area contributed by atoms with Gasteiger partial charge in [0.1, 0.15) is 5.76 Å². The Balaban J connectivity index is 2.17. The number of hydrogen-bond acceptors (Lipinski definition) is 3. The van der Waals surface area contributed by atoms with E-state index in [2.05, 4.69) is 0 Å². The Bertz CT molecular complexity index is 572. The van der Waals surface area contributed by atoms with Gasteiger partial charge in [-0.05, 0) is 37.6 Å². The van der Waals surface area contributed by atoms with Gasteiger partial charge < -0.3 is 14.4 Å². The van der Waals surface area contributed by atoms with E-state index >= 15 is 0 Å². The van der Waals surface area contributed by atoms with Crippen LogP contribution in [0.25, 0.3) is 0 Å². The zero-order chi connectivity index (χ0) is 14.5. The van der Waals surface area contributed by atoms with E-state index in [9.17, 15) is 4.79 Å². The molecule has 4 heteroatoms. The summed E-state index contributed by atoms with van der Waals surface area (Å²) in [4.78, 5) is 12.8. The summed E-state index contributed by atoms with van der Waals surface area (Å²) in [7, 11) is 0. The highest BCUT2D eigenvalue weighted by molar-refractivity contribution is 5.67. The molecule has 0 aliphatic heterocycles. The van der Waals surface area contributed by atoms with Crippen LogP contribution < -0.4 is 4.90 Å². The highest BCUT2D eigenvalue weighted by atomic mass is 16.4. The number of carboxylic acid groups (broad SMARTS) is 1. The Morgan fingerprint density at radius 3 is 2.45 bits per heavy atom. The molecule has 0 fully saturated rings. The second kappa shape index (κ2) is 6.28. The summed E-state index contributed by atoms with van der Waals surface area (Å²) in [5.41, 5.74) is 3.27. The summed E-state index contributed by atoms with van der Waals surface area (Å²) in [5.74, 6) is 0.0780. The smallest absolute Gasteiger partial charge is 0.305 e. The minimum absolute atomic E-state index is 0.105. The van der Waals surface area contributed by atoms with Crippen LogP contribution in [0.15, 0.2) is 41.0 Å². The van der Waals surface area contributed by atoms with Gasteiger partial charge in [0.15, 0.2) is 0 Å². The van der Waals surface area contributed by atoms with Gasteiger partial charge in [-0.2, -0.15) is 0 Å². The minimum Gasteiger partial charge on any atom is -0.481 e. The number of benzene rings is 1. The summed E-state index contributed by atoms with van der Waals surface area (Å²) in [5, 5.41) is 8.88. The first-order valence-corrected chi connectivity index (χ1v) is 6.62. The fraction of sp³-hybridized carbons (Fsp3) is 0.312. The Morgan fingerprint density at radius 1 is 1.20 bits per heavy atom. The molecule has 20 heavy (non-hydrogen) atoms. The van der Waals surface area contributed by atoms with Gasteiger partial charge in [0.25, 0.3) is 0 Å². The largest absolute Gasteiger partial charge is 0.481 e. The fourth-order valence-electron chi connectivity index (χ4n) is 2.03. The number of furan rings is 1. The van der Waals surface area contributed by atoms with Crippen molar-refractivity contribution in [1.82, 2.24) is 0 Å². The molecule has 1 N–H and O–H groups in total. The second-order valence-electron chi connectivity index (χ2n) is 4.93. The van der Waals surface area contributed by atoms with Gasteiger partial charge in [-0.3, -0.25) is 4.79 Å². The van der Waals surface area contributed by atoms with Gasteiger partial charge in [0.2, 0.25) is 0 Å². The van der Waals surface area contributed by atoms with Crippen LogP contribution in [0, 0.1) is 13.8 Å². The monoisotopic (exact) mass is 273 g/mol. The molecule has 0 aliphatic carbocycles. The average molecular weight is 273 g/mol. The molecular weight excluding hydrogens is 254 g/mol. The Labute approximate surface area is 118 Å². The third-order valence-electron chi connectivity index (χ3n) is 3.30. The maximum absolute atomic E-state index is 10.8. The lowest BCUT2D eigenvalue weighted by atomic mass is 10.2. The van der Waals surface area contributed by atoms with Gasteiger partial charge in [-0.1, -0.05) is 17.7 Å². The average Bonchev–Trinajstić information content (AvgIpc) is 2.81. The molecule has 106 valence electrons. The van der Waals surface area contributed by atoms with Crippen molar-refractivity contribution in [3.63, 3.8) is 0 Å². The number of rotatable bonds is 6. The molecule has 0 amide bonds. The van der Waals surface area contributed by atoms with Crippen molar-refractivity contribution in [2.45, 2.75) is 26.8 Å². The minimum atomic E-state index is -0.793. The summed E-state index contributed by atoms with van der Waals surface area (Å²) < 4.78 is 5.46. The lowest BCUT2D eigenvalue weighted by Crippen LogP contribution is -2.25. The molecule has 0 saturated carbocycles. The quantitative estimate of drug-likeness (QED) is 0.876. The van der Waals surface area contributed by atoms with E-state index in [1.54, 1.807) is 6.26 Å². The predicted molar refractivity (Wildman–Crippen MR) is 77.9 cm³/mol. The van der Waals surface area contributed by atoms with Crippen molar-refractivity contribution in [2.75, 3.05) is 11.4 Å². The molecule has 1 heterocycles. The number of aliphatic carboxylic acids is 1. The normalized spacial score (nSPS) is 10.5. The molecule has 1 aromatic carbocycles. The van der Waals surface area contributed by atoms with Crippen LogP contribution in [-0.2, 0) is 11.3 Å². The SMILES string of the molecule is Cc1ccc(N(CCC(=O)O)Cc2occc2C)cc1. The highest BCUT2D eigenvalue weighted by Gasteiger charge is 2.12. The first-order valence-electron chi connectivity index (χ1n) is 6.62. The molecule has 4 nitrogen and oxygen atoms in total. The van der Waals surface area contributed by atoms with E-state index in [1.807, 2.05) is 49.1 Å². The van der Waals surface area contributed by atoms with Crippen molar-refractivity contribution in [1.29, 1.82) is 0 Å². The summed E-state index contributed by atoms with van der Waals surface area (Å²) in [6, 6.07) is 9.99. The van der Waals surface area contributed by atoms with E-state index in [0.29, 0.717) is 13.1 Å². The fourth-order valence-corrected chi connectivity index (χ4v) is 2.03. The molecule has 0 saturated heterocycles. The lowest BCUT2D eigenvalue weighted by Gasteiger charge is -2.23. The van der Waals surface area contributed by atoms with E-state index in [4.69, 9.17) is 9.52 Å². The standard InChI is InChI=1S/C16H19NO3/c1-12-3-5-14(6-4-12)17(9-7-16(18)19)11-15-13(2)8-10-20-15/h3-6,8,10H,7,9,11H2,1-2H3,(H,18,19). The van der Waals surface area contributed by atoms with E-state index < -0.39 is 5.97 Å². The second-order valence-corrected chi connectivity index (χ2v) is 4.93. The van der Waals surface area contributed by atoms with E-state index in [0.717, 1.165) is 17.0 Å². The Morgan fingerprint density at radius 2 is 1.90 bits per heavy atom. The van der Waals surface area contributed by atoms with Gasteiger partial charge in [0, 0.05) is 12.2 Å². The molecule has 0 radical (unpaired) electrons. The van der Waals surface area contributed by atoms with Crippen LogP contribution in [0.2, 0.25) is 0 Å². The number of aryl methyl sites for hydroxylation is 2. The first kappa shape index (κ1) is 14.2. The summed E-state index contributed by atoms with van der Waals surface area (Å²) in [6.07, 6.45) is 1.77. The number of anilines is 1. The van der Waals surface area contributed by atoms with Crippen LogP contribution in [0.5, 0.6) is 0 Å². The first-order chi connectivity index (χ1) is 9.56. The third-order valence-corrected chi connectivity index (χ3v) is 3.30. The van der Waals surface area contributed by atoms with Gasteiger partial charge in [-0.15, -0.1) is 0 Å². The molecular formula is C16H19NO3. The third kappa shape index (κ3) is 3.63. The summed E-state index contributed by atoms with van der Waals surface area (Å²) in [6.45, 7) is 5.05. The molecule has 0 atom stereocenters. The van der Waals surface area contributed by atoms with Crippen molar-refractivity contribution < 1.29 is 14.3 Å². The van der Waals surface area contributed by atoms with Gasteiger partial charge in [0.05, 0.1) is 19.2 Å². The number of nitrogens with zero attached hydrogens (tertiary/aromatic N) is 1. The number of carbonyl (C=O) groups is 1. The topological polar surface area (TPSA) is 53.7 Å². The molecule has 2 rings (SSSR count). The number of carboxylic acids is 1. The maximum atomic E-state index is 10.8. The predicted octanol–water partition coefficient (Wildman–Crippen LogP) is 3.38. The van der Waals surface area contributed by atoms with Crippen molar-refractivity contribution in [3.8, 4) is 0 Å². The molecule has 0 unspecified atom stereocenters. The van der Waals surface area contributed by atoms with Crippen LogP contribution in [0.4, 0.5) is 5.69 Å². The van der Waals surface area contributed by atoms with Crippen LogP contribution in [0.3, 0.4) is 0 Å². The lowest BCUT2D eigenvalue weighted by molar-refractivity contribution is -0.136. The van der Waals surface area contributed by atoms with Crippen LogP contribution in [0.1, 0.15) is 23.3 Å². The van der Waals surface area contributed by atoms with Crippen molar-refractivity contribution >= 4 is 11.7 Å². The van der Waals surface area contributed by atoms with Crippen LogP contribution in [-0.4, -0.2) is 17.6 Å². The molecule has 0 bridgehead atoms. The van der Waals surface area contributed by atoms with Gasteiger partial charge >= 0.3 is 5.97 Å². The zero-order valence-corrected chi connectivity index (χ0v) is 11.8. The maximum Gasteiger partial charge on any atom is 0.305 e. The van der Waals surface area contributed by atoms with E-state index in [-0.39, 0.29) is 6.42 Å². The zero-order valence-electron chi connectivity index (χ0n) is 11.8. The highest BCUT2D eigenvalue weighted by Crippen LogP contribution is 2.20. The van der Waals surface area contributed by atoms with Gasteiger partial charge in [-0.25, -0.2) is 0 Å². The Kier molecular flexibility index (Phi) is 4.45. The molecule has 0 aliphatic rings. The molecule has 0 spiro atoms. The van der Waals surface area contributed by atoms with Crippen molar-refractivity contribution in [3.05, 3.63) is 53.5 Å². The Hall–Kier alpha value is -2.23. The van der Waals surface area contributed by atoms with Crippen LogP contribution >= 0.6 is 0 Å². The molecule has 1 aromatic heterocycles. The van der Waals surface area contributed by atoms with E-state index in [1.165, 1.54) is 5.56 Å². The summed E-state index contributed by atoms with van der Waals surface area (Å²) >= 11 is 0. The molecule has 2 aromatic rings.